The summed E-state index contributed by atoms with van der Waals surface area (Å²) < 4.78 is 29.7. The maximum Gasteiger partial charge on any atom is 0.295 e. The minimum absolute atomic E-state index is 0.0809. The number of hydrogen-bond acceptors (Lipinski definition) is 4. The highest BCUT2D eigenvalue weighted by molar-refractivity contribution is 5.84. The predicted octanol–water partition coefficient (Wildman–Crippen LogP) is 2.42. The average Bonchev–Trinajstić information content (AvgIpc) is 2.71. The van der Waals surface area contributed by atoms with Crippen LogP contribution in [0.5, 0.6) is 5.75 Å². The highest BCUT2D eigenvalue weighted by atomic mass is 19.3. The normalized spacial score (nSPS) is 11.1. The number of methoxy groups -OCH3 is 1. The third-order valence-electron chi connectivity index (χ3n) is 2.19. The van der Waals surface area contributed by atoms with E-state index in [-0.39, 0.29) is 22.5 Å². The Balaban J connectivity index is 2.69. The monoisotopic (exact) mass is 243 g/mol. The molecule has 0 aliphatic heterocycles. The number of benzene rings is 1. The smallest absolute Gasteiger partial charge is 0.295 e. The molecule has 0 saturated heterocycles. The van der Waals surface area contributed by atoms with Crippen LogP contribution >= 0.6 is 0 Å². The van der Waals surface area contributed by atoms with Crippen LogP contribution in [0.1, 0.15) is 12.2 Å². The Morgan fingerprint density at radius 1 is 1.53 bits per heavy atom. The van der Waals surface area contributed by atoms with Crippen LogP contribution in [-0.4, -0.2) is 22.0 Å². The number of nitrogens with one attached hydrogen (secondary N) is 1. The molecule has 0 unspecified atom stereocenters. The van der Waals surface area contributed by atoms with E-state index in [1.54, 1.807) is 0 Å². The molecule has 8 heteroatoms. The maximum absolute atomic E-state index is 12.4. The van der Waals surface area contributed by atoms with Gasteiger partial charge in [0, 0.05) is 6.07 Å². The maximum atomic E-state index is 12.4. The van der Waals surface area contributed by atoms with Crippen molar-refractivity contribution in [3.05, 3.63) is 28.1 Å². The van der Waals surface area contributed by atoms with Gasteiger partial charge in [0.25, 0.3) is 12.1 Å². The number of halogens is 2. The van der Waals surface area contributed by atoms with E-state index >= 15 is 0 Å². The van der Waals surface area contributed by atoms with Crippen molar-refractivity contribution in [2.45, 2.75) is 6.43 Å². The molecule has 0 bridgehead atoms. The summed E-state index contributed by atoms with van der Waals surface area (Å²) in [6, 6.07) is 2.27. The number of aromatic amines is 1. The Labute approximate surface area is 93.4 Å². The molecule has 0 aliphatic carbocycles. The van der Waals surface area contributed by atoms with Gasteiger partial charge in [-0.3, -0.25) is 10.1 Å². The van der Waals surface area contributed by atoms with Crippen LogP contribution in [0.2, 0.25) is 0 Å². The van der Waals surface area contributed by atoms with Gasteiger partial charge in [0.1, 0.15) is 5.52 Å². The first kappa shape index (κ1) is 11.2. The molecule has 2 aromatic rings. The summed E-state index contributed by atoms with van der Waals surface area (Å²) >= 11 is 0. The second-order valence-electron chi connectivity index (χ2n) is 3.22. The van der Waals surface area contributed by atoms with Gasteiger partial charge < -0.3 is 9.72 Å². The molecular formula is C9H7F2N3O3. The molecule has 1 aromatic carbocycles. The number of rotatable bonds is 3. The Morgan fingerprint density at radius 2 is 2.24 bits per heavy atom. The van der Waals surface area contributed by atoms with Crippen molar-refractivity contribution >= 4 is 16.7 Å². The number of nitro benzene ring substituents is 1. The molecule has 90 valence electrons. The van der Waals surface area contributed by atoms with Gasteiger partial charge in [-0.1, -0.05) is 0 Å². The SMILES string of the molecule is COc1cc([N+](=O)[O-])cc2[nH]c(C(F)F)nc12. The minimum atomic E-state index is -2.77. The highest BCUT2D eigenvalue weighted by Crippen LogP contribution is 2.31. The van der Waals surface area contributed by atoms with E-state index in [4.69, 9.17) is 4.74 Å². The van der Waals surface area contributed by atoms with Gasteiger partial charge in [-0.25, -0.2) is 13.8 Å². The van der Waals surface area contributed by atoms with Gasteiger partial charge in [-0.05, 0) is 0 Å². The topological polar surface area (TPSA) is 81.0 Å². The Hall–Kier alpha value is -2.25. The first-order valence-corrected chi connectivity index (χ1v) is 4.53. The van der Waals surface area contributed by atoms with E-state index in [0.29, 0.717) is 0 Å². The molecule has 0 spiro atoms. The number of aromatic nitrogens is 2. The Bertz CT molecular complexity index is 582. The largest absolute Gasteiger partial charge is 0.494 e. The summed E-state index contributed by atoms with van der Waals surface area (Å²) in [6.45, 7) is 0. The van der Waals surface area contributed by atoms with Gasteiger partial charge in [0.05, 0.1) is 23.6 Å². The van der Waals surface area contributed by atoms with Crippen LogP contribution in [-0.2, 0) is 0 Å². The quantitative estimate of drug-likeness (QED) is 0.663. The fourth-order valence-electron chi connectivity index (χ4n) is 1.45. The van der Waals surface area contributed by atoms with Crippen LogP contribution in [0.3, 0.4) is 0 Å². The zero-order valence-electron chi connectivity index (χ0n) is 8.61. The fourth-order valence-corrected chi connectivity index (χ4v) is 1.45. The van der Waals surface area contributed by atoms with Crippen LogP contribution < -0.4 is 4.74 Å². The summed E-state index contributed by atoms with van der Waals surface area (Å²) in [7, 11) is 1.29. The lowest BCUT2D eigenvalue weighted by atomic mass is 10.2. The van der Waals surface area contributed by atoms with E-state index in [1.165, 1.54) is 7.11 Å². The van der Waals surface area contributed by atoms with Crippen molar-refractivity contribution in [1.82, 2.24) is 9.97 Å². The lowest BCUT2D eigenvalue weighted by molar-refractivity contribution is -0.384. The Morgan fingerprint density at radius 3 is 2.76 bits per heavy atom. The number of ether oxygens (including phenoxy) is 1. The molecule has 0 saturated carbocycles. The van der Waals surface area contributed by atoms with Crippen molar-refractivity contribution < 1.29 is 18.4 Å². The first-order chi connectivity index (χ1) is 8.02. The summed E-state index contributed by atoms with van der Waals surface area (Å²) in [5.41, 5.74) is 0.0403. The molecule has 6 nitrogen and oxygen atoms in total. The molecule has 0 fully saturated rings. The first-order valence-electron chi connectivity index (χ1n) is 4.53. The number of nitro groups is 1. The van der Waals surface area contributed by atoms with Gasteiger partial charge in [-0.15, -0.1) is 0 Å². The standard InChI is InChI=1S/C9H7F2N3O3/c1-17-6-3-4(14(15)16)2-5-7(6)13-9(12-5)8(10)11/h2-3,8H,1H3,(H,12,13). The number of H-pyrrole nitrogens is 1. The second-order valence-corrected chi connectivity index (χ2v) is 3.22. The second kappa shape index (κ2) is 3.96. The number of hydrogen-bond donors (Lipinski definition) is 1. The van der Waals surface area contributed by atoms with Gasteiger partial charge in [-0.2, -0.15) is 0 Å². The van der Waals surface area contributed by atoms with E-state index in [0.717, 1.165) is 12.1 Å². The number of non-ortho nitro benzene ring substituents is 1. The van der Waals surface area contributed by atoms with E-state index in [2.05, 4.69) is 9.97 Å². The molecule has 0 radical (unpaired) electrons. The third-order valence-corrected chi connectivity index (χ3v) is 2.19. The van der Waals surface area contributed by atoms with Crippen molar-refractivity contribution in [2.24, 2.45) is 0 Å². The molecule has 17 heavy (non-hydrogen) atoms. The lowest BCUT2D eigenvalue weighted by Crippen LogP contribution is -1.91. The number of nitrogens with zero attached hydrogens (tertiary/aromatic N) is 2. The number of fused-ring (bicyclic) bond motifs is 1. The zero-order valence-corrected chi connectivity index (χ0v) is 8.61. The lowest BCUT2D eigenvalue weighted by Gasteiger charge is -1.99. The van der Waals surface area contributed by atoms with Crippen molar-refractivity contribution in [1.29, 1.82) is 0 Å². The van der Waals surface area contributed by atoms with Crippen LogP contribution in [0, 0.1) is 10.1 Å². The average molecular weight is 243 g/mol. The van der Waals surface area contributed by atoms with Gasteiger partial charge in [0.15, 0.2) is 11.6 Å². The summed E-state index contributed by atoms with van der Waals surface area (Å²) in [5.74, 6) is -0.462. The third kappa shape index (κ3) is 1.88. The molecule has 0 aliphatic rings. The van der Waals surface area contributed by atoms with Crippen molar-refractivity contribution in [3.63, 3.8) is 0 Å². The summed E-state index contributed by atoms with van der Waals surface area (Å²) in [4.78, 5) is 15.9. The van der Waals surface area contributed by atoms with Gasteiger partial charge in [0.2, 0.25) is 0 Å². The van der Waals surface area contributed by atoms with Gasteiger partial charge >= 0.3 is 0 Å². The van der Waals surface area contributed by atoms with E-state index in [9.17, 15) is 18.9 Å². The van der Waals surface area contributed by atoms with Crippen LogP contribution in [0.25, 0.3) is 11.0 Å². The highest BCUT2D eigenvalue weighted by Gasteiger charge is 2.19. The molecule has 1 heterocycles. The fraction of sp³-hybridized carbons (Fsp3) is 0.222. The molecule has 0 atom stereocenters. The van der Waals surface area contributed by atoms with Crippen LogP contribution in [0.15, 0.2) is 12.1 Å². The number of imidazole rings is 1. The van der Waals surface area contributed by atoms with Crippen molar-refractivity contribution in [2.75, 3.05) is 7.11 Å². The molecule has 0 amide bonds. The van der Waals surface area contributed by atoms with Crippen molar-refractivity contribution in [3.8, 4) is 5.75 Å². The summed E-state index contributed by atoms with van der Waals surface area (Å²) in [5, 5.41) is 10.6. The molecule has 2 rings (SSSR count). The van der Waals surface area contributed by atoms with E-state index in [1.807, 2.05) is 0 Å². The minimum Gasteiger partial charge on any atom is -0.494 e. The van der Waals surface area contributed by atoms with Crippen LogP contribution in [0.4, 0.5) is 14.5 Å². The molecular weight excluding hydrogens is 236 g/mol. The number of alkyl halides is 2. The Kier molecular flexibility index (Phi) is 2.62. The van der Waals surface area contributed by atoms with E-state index < -0.39 is 17.2 Å². The molecule has 1 N–H and O–H groups in total. The molecule has 1 aromatic heterocycles. The zero-order chi connectivity index (χ0) is 12.6. The summed E-state index contributed by atoms with van der Waals surface area (Å²) in [6.07, 6.45) is -2.77. The predicted molar refractivity (Wildman–Crippen MR) is 54.3 cm³/mol.